The van der Waals surface area contributed by atoms with Crippen molar-refractivity contribution in [3.63, 3.8) is 0 Å². The number of para-hydroxylation sites is 1. The maximum atomic E-state index is 13.9. The third-order valence-corrected chi connectivity index (χ3v) is 5.51. The van der Waals surface area contributed by atoms with Crippen molar-refractivity contribution in [2.45, 2.75) is 4.90 Å². The predicted octanol–water partition coefficient (Wildman–Crippen LogP) is 3.60. The molecule has 0 saturated heterocycles. The van der Waals surface area contributed by atoms with Crippen LogP contribution in [0.25, 0.3) is 27.7 Å². The van der Waals surface area contributed by atoms with Crippen molar-refractivity contribution in [3.8, 4) is 16.9 Å². The van der Waals surface area contributed by atoms with Crippen LogP contribution in [0, 0.1) is 5.82 Å². The van der Waals surface area contributed by atoms with E-state index in [1.807, 2.05) is 6.07 Å². The highest BCUT2D eigenvalue weighted by Crippen LogP contribution is 2.28. The molecule has 5 nitrogen and oxygen atoms in total. The van der Waals surface area contributed by atoms with E-state index < -0.39 is 15.7 Å². The first-order valence-corrected chi connectivity index (χ1v) is 10.3. The van der Waals surface area contributed by atoms with Gasteiger partial charge in [0.1, 0.15) is 5.82 Å². The van der Waals surface area contributed by atoms with Gasteiger partial charge in [0.05, 0.1) is 21.7 Å². The van der Waals surface area contributed by atoms with Crippen LogP contribution in [0.15, 0.2) is 82.5 Å². The molecule has 0 aliphatic heterocycles. The number of sulfone groups is 1. The number of halogens is 1. The first-order valence-electron chi connectivity index (χ1n) is 8.43. The summed E-state index contributed by atoms with van der Waals surface area (Å²) in [6.45, 7) is 0. The van der Waals surface area contributed by atoms with E-state index in [4.69, 9.17) is 0 Å². The topological polar surface area (TPSA) is 69.0 Å². The average molecular weight is 394 g/mol. The summed E-state index contributed by atoms with van der Waals surface area (Å²) in [5.74, 6) is -0.508. The molecule has 0 aliphatic carbocycles. The van der Waals surface area contributed by atoms with Gasteiger partial charge in [-0.05, 0) is 42.5 Å². The molecule has 0 radical (unpaired) electrons. The van der Waals surface area contributed by atoms with E-state index in [1.165, 1.54) is 35.0 Å². The smallest absolute Gasteiger partial charge is 0.267 e. The SMILES string of the molecule is CS(=O)(=O)c1cccc(-c2nn(-c3ccccc3)c(=O)c3ccc(F)cc23)c1. The molecule has 0 amide bonds. The normalized spacial score (nSPS) is 11.6. The van der Waals surface area contributed by atoms with E-state index in [0.717, 1.165) is 6.26 Å². The minimum Gasteiger partial charge on any atom is -0.267 e. The molecular formula is C21H15FN2O3S. The maximum absolute atomic E-state index is 13.9. The molecule has 0 saturated carbocycles. The third-order valence-electron chi connectivity index (χ3n) is 4.40. The minimum absolute atomic E-state index is 0.119. The monoisotopic (exact) mass is 394 g/mol. The molecule has 0 unspecified atom stereocenters. The van der Waals surface area contributed by atoms with Crippen LogP contribution < -0.4 is 5.56 Å². The van der Waals surface area contributed by atoms with E-state index in [0.29, 0.717) is 27.7 Å². The van der Waals surface area contributed by atoms with Crippen LogP contribution in [-0.4, -0.2) is 24.5 Å². The molecule has 4 aromatic rings. The molecule has 1 heterocycles. The summed E-state index contributed by atoms with van der Waals surface area (Å²) < 4.78 is 39.0. The predicted molar refractivity (Wildman–Crippen MR) is 106 cm³/mol. The second-order valence-electron chi connectivity index (χ2n) is 6.39. The Morgan fingerprint density at radius 2 is 1.64 bits per heavy atom. The molecule has 0 bridgehead atoms. The molecule has 140 valence electrons. The van der Waals surface area contributed by atoms with E-state index >= 15 is 0 Å². The fraction of sp³-hybridized carbons (Fsp3) is 0.0476. The highest BCUT2D eigenvalue weighted by atomic mass is 32.2. The summed E-state index contributed by atoms with van der Waals surface area (Å²) in [4.78, 5) is 13.1. The number of rotatable bonds is 3. The Balaban J connectivity index is 2.10. The van der Waals surface area contributed by atoms with Gasteiger partial charge in [-0.2, -0.15) is 9.78 Å². The zero-order valence-electron chi connectivity index (χ0n) is 14.8. The summed E-state index contributed by atoms with van der Waals surface area (Å²) in [7, 11) is -3.44. The first kappa shape index (κ1) is 18.1. The van der Waals surface area contributed by atoms with Crippen LogP contribution in [-0.2, 0) is 9.84 Å². The lowest BCUT2D eigenvalue weighted by Crippen LogP contribution is -2.22. The number of aromatic nitrogens is 2. The van der Waals surface area contributed by atoms with Gasteiger partial charge in [0, 0.05) is 17.2 Å². The standard InChI is InChI=1S/C21H15FN2O3S/c1-28(26,27)17-9-5-6-14(12-17)20-19-13-15(22)10-11-18(19)21(25)24(23-20)16-7-3-2-4-8-16/h2-13H,1H3. The van der Waals surface area contributed by atoms with Crippen LogP contribution in [0.1, 0.15) is 0 Å². The summed E-state index contributed by atoms with van der Waals surface area (Å²) in [5.41, 5.74) is 0.968. The van der Waals surface area contributed by atoms with Gasteiger partial charge in [0.15, 0.2) is 9.84 Å². The van der Waals surface area contributed by atoms with E-state index in [-0.39, 0.29) is 10.5 Å². The van der Waals surface area contributed by atoms with Crippen LogP contribution in [0.3, 0.4) is 0 Å². The van der Waals surface area contributed by atoms with Crippen LogP contribution >= 0.6 is 0 Å². The number of nitrogens with zero attached hydrogens (tertiary/aromatic N) is 2. The minimum atomic E-state index is -3.44. The molecule has 0 spiro atoms. The summed E-state index contributed by atoms with van der Waals surface area (Å²) in [6, 6.07) is 19.0. The van der Waals surface area contributed by atoms with Gasteiger partial charge >= 0.3 is 0 Å². The Hall–Kier alpha value is -3.32. The Morgan fingerprint density at radius 3 is 2.36 bits per heavy atom. The summed E-state index contributed by atoms with van der Waals surface area (Å²) >= 11 is 0. The lowest BCUT2D eigenvalue weighted by Gasteiger charge is -2.12. The molecule has 0 fully saturated rings. The van der Waals surface area contributed by atoms with Crippen LogP contribution in [0.5, 0.6) is 0 Å². The Kier molecular flexibility index (Phi) is 4.31. The second kappa shape index (κ2) is 6.69. The van der Waals surface area contributed by atoms with Crippen molar-refractivity contribution in [2.24, 2.45) is 0 Å². The van der Waals surface area contributed by atoms with Crippen molar-refractivity contribution in [2.75, 3.05) is 6.26 Å². The van der Waals surface area contributed by atoms with Crippen molar-refractivity contribution >= 4 is 20.6 Å². The lowest BCUT2D eigenvalue weighted by molar-refractivity contribution is 0.602. The summed E-state index contributed by atoms with van der Waals surface area (Å²) in [5, 5.41) is 5.06. The number of fused-ring (bicyclic) bond motifs is 1. The molecule has 7 heteroatoms. The van der Waals surface area contributed by atoms with E-state index in [2.05, 4.69) is 5.10 Å². The molecule has 28 heavy (non-hydrogen) atoms. The molecule has 0 atom stereocenters. The quantitative estimate of drug-likeness (QED) is 0.532. The Labute approximate surface area is 160 Å². The van der Waals surface area contributed by atoms with Crippen molar-refractivity contribution in [1.29, 1.82) is 0 Å². The summed E-state index contributed by atoms with van der Waals surface area (Å²) in [6.07, 6.45) is 1.11. The average Bonchev–Trinajstić information content (AvgIpc) is 2.68. The second-order valence-corrected chi connectivity index (χ2v) is 8.41. The number of hydrogen-bond donors (Lipinski definition) is 0. The maximum Gasteiger partial charge on any atom is 0.279 e. The lowest BCUT2D eigenvalue weighted by atomic mass is 10.0. The number of benzene rings is 3. The molecule has 1 aromatic heterocycles. The fourth-order valence-electron chi connectivity index (χ4n) is 3.04. The highest BCUT2D eigenvalue weighted by Gasteiger charge is 2.16. The first-order chi connectivity index (χ1) is 13.3. The van der Waals surface area contributed by atoms with Crippen molar-refractivity contribution < 1.29 is 12.8 Å². The van der Waals surface area contributed by atoms with Gasteiger partial charge in [-0.1, -0.05) is 30.3 Å². The van der Waals surface area contributed by atoms with Crippen molar-refractivity contribution in [1.82, 2.24) is 9.78 Å². The highest BCUT2D eigenvalue weighted by molar-refractivity contribution is 7.90. The van der Waals surface area contributed by atoms with Gasteiger partial charge in [-0.15, -0.1) is 0 Å². The molecule has 0 aliphatic rings. The Bertz CT molecular complexity index is 1360. The van der Waals surface area contributed by atoms with E-state index in [9.17, 15) is 17.6 Å². The van der Waals surface area contributed by atoms with Gasteiger partial charge in [0.25, 0.3) is 5.56 Å². The molecule has 0 N–H and O–H groups in total. The fourth-order valence-corrected chi connectivity index (χ4v) is 3.71. The Morgan fingerprint density at radius 1 is 0.893 bits per heavy atom. The van der Waals surface area contributed by atoms with Crippen LogP contribution in [0.4, 0.5) is 4.39 Å². The van der Waals surface area contributed by atoms with Crippen molar-refractivity contribution in [3.05, 3.63) is 89.0 Å². The van der Waals surface area contributed by atoms with Gasteiger partial charge < -0.3 is 0 Å². The number of hydrogen-bond acceptors (Lipinski definition) is 4. The van der Waals surface area contributed by atoms with Gasteiger partial charge in [-0.25, -0.2) is 12.8 Å². The zero-order valence-corrected chi connectivity index (χ0v) is 15.7. The molecule has 3 aromatic carbocycles. The van der Waals surface area contributed by atoms with Gasteiger partial charge in [-0.3, -0.25) is 4.79 Å². The van der Waals surface area contributed by atoms with E-state index in [1.54, 1.807) is 36.4 Å². The largest absolute Gasteiger partial charge is 0.279 e. The molecule has 4 rings (SSSR count). The van der Waals surface area contributed by atoms with Crippen LogP contribution in [0.2, 0.25) is 0 Å². The molecular weight excluding hydrogens is 379 g/mol. The third kappa shape index (κ3) is 3.20. The zero-order chi connectivity index (χ0) is 19.9. The van der Waals surface area contributed by atoms with Gasteiger partial charge in [0.2, 0.25) is 0 Å².